The second-order valence-corrected chi connectivity index (χ2v) is 8.16. The van der Waals surface area contributed by atoms with E-state index in [2.05, 4.69) is 26.3 Å². The number of aryl methyl sites for hydroxylation is 1. The molecule has 0 saturated carbocycles. The van der Waals surface area contributed by atoms with Crippen LogP contribution in [0.1, 0.15) is 16.7 Å². The maximum absolute atomic E-state index is 14.0. The van der Waals surface area contributed by atoms with E-state index < -0.39 is 0 Å². The van der Waals surface area contributed by atoms with Crippen molar-refractivity contribution in [3.63, 3.8) is 0 Å². The monoisotopic (exact) mass is 429 g/mol. The minimum absolute atomic E-state index is 0.270. The van der Waals surface area contributed by atoms with Gasteiger partial charge in [0.05, 0.1) is 23.7 Å². The first-order valence-corrected chi connectivity index (χ1v) is 10.7. The number of hydrogen-bond acceptors (Lipinski definition) is 5. The Morgan fingerprint density at radius 1 is 1.09 bits per heavy atom. The molecule has 5 rings (SSSR count). The molecule has 6 nitrogen and oxygen atoms in total. The molecular formula is C25H24FN5O. The van der Waals surface area contributed by atoms with Crippen molar-refractivity contribution < 1.29 is 9.13 Å². The Labute approximate surface area is 186 Å². The van der Waals surface area contributed by atoms with Gasteiger partial charge in [0.2, 0.25) is 0 Å². The lowest BCUT2D eigenvalue weighted by Gasteiger charge is -2.36. The summed E-state index contributed by atoms with van der Waals surface area (Å²) in [6, 6.07) is 17.6. The van der Waals surface area contributed by atoms with E-state index in [1.165, 1.54) is 7.11 Å². The summed E-state index contributed by atoms with van der Waals surface area (Å²) >= 11 is 0. The van der Waals surface area contributed by atoms with Gasteiger partial charge in [-0.3, -0.25) is 9.30 Å². The zero-order valence-corrected chi connectivity index (χ0v) is 18.2. The number of nitrogens with zero attached hydrogens (tertiary/aromatic N) is 5. The molecule has 2 aromatic carbocycles. The van der Waals surface area contributed by atoms with E-state index in [1.807, 2.05) is 37.3 Å². The number of fused-ring (bicyclic) bond motifs is 3. The van der Waals surface area contributed by atoms with Crippen molar-refractivity contribution in [2.45, 2.75) is 13.5 Å². The molecule has 0 unspecified atom stereocenters. The average molecular weight is 429 g/mol. The van der Waals surface area contributed by atoms with E-state index in [0.717, 1.165) is 54.2 Å². The highest BCUT2D eigenvalue weighted by molar-refractivity contribution is 5.85. The number of rotatable bonds is 4. The van der Waals surface area contributed by atoms with Gasteiger partial charge in [0.25, 0.3) is 0 Å². The fourth-order valence-corrected chi connectivity index (χ4v) is 4.50. The number of imidazole rings is 1. The SMILES string of the molecule is COc1ccc(CN2CCN(c3cc(C)c(C#N)c4nc5ccccc5n34)CC2)cc1F. The van der Waals surface area contributed by atoms with E-state index in [0.29, 0.717) is 17.8 Å². The Kier molecular flexibility index (Phi) is 5.16. The molecular weight excluding hydrogens is 405 g/mol. The van der Waals surface area contributed by atoms with Gasteiger partial charge in [0.15, 0.2) is 17.2 Å². The zero-order chi connectivity index (χ0) is 22.2. The molecule has 0 radical (unpaired) electrons. The number of halogens is 1. The largest absolute Gasteiger partial charge is 0.494 e. The lowest BCUT2D eigenvalue weighted by Crippen LogP contribution is -2.46. The molecule has 1 fully saturated rings. The molecule has 7 heteroatoms. The summed E-state index contributed by atoms with van der Waals surface area (Å²) in [5, 5.41) is 9.71. The first kappa shape index (κ1) is 20.3. The summed E-state index contributed by atoms with van der Waals surface area (Å²) in [5.74, 6) is 0.998. The summed E-state index contributed by atoms with van der Waals surface area (Å²) in [6.07, 6.45) is 0. The first-order chi connectivity index (χ1) is 15.6. The Morgan fingerprint density at radius 2 is 1.88 bits per heavy atom. The predicted octanol–water partition coefficient (Wildman–Crippen LogP) is 4.14. The predicted molar refractivity (Wildman–Crippen MR) is 123 cm³/mol. The van der Waals surface area contributed by atoms with Crippen LogP contribution < -0.4 is 9.64 Å². The second-order valence-electron chi connectivity index (χ2n) is 8.16. The molecule has 3 heterocycles. The Hall–Kier alpha value is -3.63. The van der Waals surface area contributed by atoms with E-state index in [4.69, 9.17) is 9.72 Å². The number of para-hydroxylation sites is 2. The van der Waals surface area contributed by atoms with Gasteiger partial charge in [0.1, 0.15) is 11.9 Å². The molecule has 0 atom stereocenters. The van der Waals surface area contributed by atoms with E-state index in [-0.39, 0.29) is 11.6 Å². The summed E-state index contributed by atoms with van der Waals surface area (Å²) < 4.78 is 21.2. The van der Waals surface area contributed by atoms with Crippen LogP contribution in [0, 0.1) is 24.1 Å². The highest BCUT2D eigenvalue weighted by atomic mass is 19.1. The third-order valence-corrected chi connectivity index (χ3v) is 6.18. The lowest BCUT2D eigenvalue weighted by molar-refractivity contribution is 0.248. The minimum Gasteiger partial charge on any atom is -0.494 e. The van der Waals surface area contributed by atoms with Crippen LogP contribution in [-0.4, -0.2) is 47.6 Å². The second kappa shape index (κ2) is 8.13. The quantitative estimate of drug-likeness (QED) is 0.488. The van der Waals surface area contributed by atoms with Gasteiger partial charge < -0.3 is 9.64 Å². The summed E-state index contributed by atoms with van der Waals surface area (Å²) in [6.45, 7) is 6.07. The minimum atomic E-state index is -0.328. The molecule has 0 aliphatic carbocycles. The molecule has 1 aliphatic heterocycles. The number of benzene rings is 2. The fraction of sp³-hybridized carbons (Fsp3) is 0.280. The van der Waals surface area contributed by atoms with Crippen molar-refractivity contribution in [3.05, 3.63) is 71.0 Å². The molecule has 0 spiro atoms. The fourth-order valence-electron chi connectivity index (χ4n) is 4.50. The number of methoxy groups -OCH3 is 1. The van der Waals surface area contributed by atoms with Gasteiger partial charge in [-0.2, -0.15) is 5.26 Å². The first-order valence-electron chi connectivity index (χ1n) is 10.7. The smallest absolute Gasteiger partial charge is 0.165 e. The molecule has 2 aromatic heterocycles. The van der Waals surface area contributed by atoms with Crippen LogP contribution in [-0.2, 0) is 6.54 Å². The average Bonchev–Trinajstić information content (AvgIpc) is 3.18. The maximum Gasteiger partial charge on any atom is 0.165 e. The number of pyridine rings is 1. The summed E-state index contributed by atoms with van der Waals surface area (Å²) in [7, 11) is 1.47. The molecule has 162 valence electrons. The van der Waals surface area contributed by atoms with Gasteiger partial charge in [0, 0.05) is 32.7 Å². The van der Waals surface area contributed by atoms with E-state index in [9.17, 15) is 9.65 Å². The highest BCUT2D eigenvalue weighted by Crippen LogP contribution is 2.29. The number of hydrogen-bond donors (Lipinski definition) is 0. The lowest BCUT2D eigenvalue weighted by atomic mass is 10.1. The molecule has 0 bridgehead atoms. The number of nitriles is 1. The molecule has 0 N–H and O–H groups in total. The summed E-state index contributed by atoms with van der Waals surface area (Å²) in [4.78, 5) is 9.43. The van der Waals surface area contributed by atoms with Gasteiger partial charge >= 0.3 is 0 Å². The van der Waals surface area contributed by atoms with Crippen molar-refractivity contribution in [2.75, 3.05) is 38.2 Å². The van der Waals surface area contributed by atoms with Crippen molar-refractivity contribution >= 4 is 22.5 Å². The van der Waals surface area contributed by atoms with Gasteiger partial charge in [-0.15, -0.1) is 0 Å². The van der Waals surface area contributed by atoms with Crippen molar-refractivity contribution in [3.8, 4) is 11.8 Å². The van der Waals surface area contributed by atoms with Crippen LogP contribution in [0.15, 0.2) is 48.5 Å². The van der Waals surface area contributed by atoms with Crippen LogP contribution >= 0.6 is 0 Å². The van der Waals surface area contributed by atoms with E-state index >= 15 is 0 Å². The molecule has 32 heavy (non-hydrogen) atoms. The number of anilines is 1. The van der Waals surface area contributed by atoms with Crippen LogP contribution in [0.2, 0.25) is 0 Å². The third kappa shape index (κ3) is 3.43. The molecule has 1 aliphatic rings. The van der Waals surface area contributed by atoms with Gasteiger partial charge in [-0.25, -0.2) is 9.37 Å². The third-order valence-electron chi connectivity index (χ3n) is 6.18. The van der Waals surface area contributed by atoms with Crippen molar-refractivity contribution in [1.82, 2.24) is 14.3 Å². The molecule has 0 amide bonds. The molecule has 4 aromatic rings. The van der Waals surface area contributed by atoms with Gasteiger partial charge in [-0.1, -0.05) is 18.2 Å². The topological polar surface area (TPSA) is 56.8 Å². The normalized spacial score (nSPS) is 14.8. The number of piperazine rings is 1. The number of aromatic nitrogens is 2. The van der Waals surface area contributed by atoms with Gasteiger partial charge in [-0.05, 0) is 48.4 Å². The number of ether oxygens (including phenoxy) is 1. The maximum atomic E-state index is 14.0. The highest BCUT2D eigenvalue weighted by Gasteiger charge is 2.23. The Morgan fingerprint density at radius 3 is 2.59 bits per heavy atom. The molecule has 1 saturated heterocycles. The van der Waals surface area contributed by atoms with E-state index in [1.54, 1.807) is 12.1 Å². The van der Waals surface area contributed by atoms with Crippen LogP contribution in [0.25, 0.3) is 16.7 Å². The zero-order valence-electron chi connectivity index (χ0n) is 18.2. The van der Waals surface area contributed by atoms with Crippen molar-refractivity contribution in [1.29, 1.82) is 5.26 Å². The van der Waals surface area contributed by atoms with Crippen molar-refractivity contribution in [2.24, 2.45) is 0 Å². The Balaban J connectivity index is 1.42. The Bertz CT molecular complexity index is 1350. The van der Waals surface area contributed by atoms with Crippen LogP contribution in [0.5, 0.6) is 5.75 Å². The summed E-state index contributed by atoms with van der Waals surface area (Å²) in [5.41, 5.74) is 5.08. The van der Waals surface area contributed by atoms with Crippen LogP contribution in [0.4, 0.5) is 10.2 Å². The van der Waals surface area contributed by atoms with Crippen LogP contribution in [0.3, 0.4) is 0 Å². The standard InChI is InChI=1S/C25H24FN5O/c1-17-13-24(31-22-6-4-3-5-21(22)28-25(31)19(17)15-27)30-11-9-29(10-12-30)16-18-7-8-23(32-2)20(26)14-18/h3-8,13-14H,9-12,16H2,1-2H3.